The van der Waals surface area contributed by atoms with Gasteiger partial charge in [-0.15, -0.1) is 0 Å². The summed E-state index contributed by atoms with van der Waals surface area (Å²) in [6.07, 6.45) is 1.53. The topological polar surface area (TPSA) is 74.2 Å². The maximum absolute atomic E-state index is 11.3. The predicted octanol–water partition coefficient (Wildman–Crippen LogP) is -0.0505. The highest BCUT2D eigenvalue weighted by molar-refractivity contribution is 6.09. The third-order valence-corrected chi connectivity index (χ3v) is 1.67. The number of nitrogens with one attached hydrogen (secondary N) is 3. The first-order valence-corrected chi connectivity index (χ1v) is 3.94. The number of ether oxygens (including phenoxy) is 1. The summed E-state index contributed by atoms with van der Waals surface area (Å²) in [5, 5.41) is 12.5. The van der Waals surface area contributed by atoms with Gasteiger partial charge >= 0.3 is 0 Å². The molecule has 1 rings (SSSR count). The average molecular weight is 183 g/mol. The van der Waals surface area contributed by atoms with E-state index in [1.807, 2.05) is 0 Å². The first-order valence-electron chi connectivity index (χ1n) is 3.94. The van der Waals surface area contributed by atoms with Crippen molar-refractivity contribution in [2.24, 2.45) is 0 Å². The van der Waals surface area contributed by atoms with Gasteiger partial charge in [0.25, 0.3) is 5.91 Å². The Hall–Kier alpha value is -1.52. The fourth-order valence-corrected chi connectivity index (χ4v) is 0.931. The van der Waals surface area contributed by atoms with Crippen molar-refractivity contribution < 1.29 is 9.53 Å². The van der Waals surface area contributed by atoms with Gasteiger partial charge in [-0.3, -0.25) is 10.2 Å². The molecular formula is C8H13N3O2. The van der Waals surface area contributed by atoms with Gasteiger partial charge in [0.05, 0.1) is 0 Å². The van der Waals surface area contributed by atoms with Gasteiger partial charge in [-0.25, -0.2) is 0 Å². The highest BCUT2D eigenvalue weighted by Crippen LogP contribution is 2.19. The van der Waals surface area contributed by atoms with E-state index in [1.165, 1.54) is 6.20 Å². The molecule has 0 aromatic carbocycles. The molecular weight excluding hydrogens is 170 g/mol. The minimum atomic E-state index is -0.909. The molecule has 1 aliphatic heterocycles. The zero-order valence-corrected chi connectivity index (χ0v) is 7.89. The molecule has 0 spiro atoms. The third-order valence-electron chi connectivity index (χ3n) is 1.67. The van der Waals surface area contributed by atoms with Crippen molar-refractivity contribution in [3.63, 3.8) is 0 Å². The van der Waals surface area contributed by atoms with E-state index in [4.69, 9.17) is 10.1 Å². The molecule has 1 fully saturated rings. The Morgan fingerprint density at radius 3 is 2.77 bits per heavy atom. The van der Waals surface area contributed by atoms with Gasteiger partial charge < -0.3 is 15.4 Å². The van der Waals surface area contributed by atoms with Crippen LogP contribution >= 0.6 is 0 Å². The van der Waals surface area contributed by atoms with Gasteiger partial charge in [0.15, 0.2) is 17.2 Å². The van der Waals surface area contributed by atoms with Crippen molar-refractivity contribution in [3.05, 3.63) is 12.0 Å². The summed E-state index contributed by atoms with van der Waals surface area (Å²) in [5.74, 6) is 0.0246. The molecule has 0 unspecified atom stereocenters. The van der Waals surface area contributed by atoms with Crippen LogP contribution in [0.15, 0.2) is 12.0 Å². The van der Waals surface area contributed by atoms with Crippen LogP contribution in [0.1, 0.15) is 13.8 Å². The Kier molecular flexibility index (Phi) is 2.27. The maximum Gasteiger partial charge on any atom is 0.269 e. The number of carbonyl (C=O) groups is 1. The molecule has 0 radical (unpaired) electrons. The standard InChI is InChI=1S/C8H13N3O2/c1-8(2)7(12)11-6(9)5(13-8)4-10-3/h4,10H,1-3H3,(H2,9,11,12)/b5-4+. The summed E-state index contributed by atoms with van der Waals surface area (Å²) >= 11 is 0. The summed E-state index contributed by atoms with van der Waals surface area (Å²) < 4.78 is 5.30. The molecule has 0 saturated carbocycles. The number of morpholine rings is 1. The molecule has 1 amide bonds. The van der Waals surface area contributed by atoms with E-state index in [-0.39, 0.29) is 11.7 Å². The number of carbonyl (C=O) groups excluding carboxylic acids is 1. The van der Waals surface area contributed by atoms with Gasteiger partial charge in [0.1, 0.15) is 0 Å². The van der Waals surface area contributed by atoms with Crippen LogP contribution < -0.4 is 10.6 Å². The fourth-order valence-electron chi connectivity index (χ4n) is 0.931. The molecule has 0 bridgehead atoms. The monoisotopic (exact) mass is 183 g/mol. The lowest BCUT2D eigenvalue weighted by Gasteiger charge is -2.31. The van der Waals surface area contributed by atoms with E-state index in [1.54, 1.807) is 20.9 Å². The lowest BCUT2D eigenvalue weighted by molar-refractivity contribution is -0.138. The second-order valence-corrected chi connectivity index (χ2v) is 3.24. The number of rotatable bonds is 1. The molecule has 3 N–H and O–H groups in total. The third kappa shape index (κ3) is 1.80. The molecule has 13 heavy (non-hydrogen) atoms. The van der Waals surface area contributed by atoms with Crippen LogP contribution in [0.3, 0.4) is 0 Å². The van der Waals surface area contributed by atoms with E-state index in [9.17, 15) is 4.79 Å². The lowest BCUT2D eigenvalue weighted by Crippen LogP contribution is -2.52. The van der Waals surface area contributed by atoms with Crippen molar-refractivity contribution >= 4 is 11.7 Å². The molecule has 1 aliphatic rings. The highest BCUT2D eigenvalue weighted by Gasteiger charge is 2.37. The van der Waals surface area contributed by atoms with E-state index < -0.39 is 5.60 Å². The fraction of sp³-hybridized carbons (Fsp3) is 0.500. The molecule has 0 aromatic heterocycles. The zero-order valence-electron chi connectivity index (χ0n) is 7.89. The van der Waals surface area contributed by atoms with Gasteiger partial charge in [-0.05, 0) is 13.8 Å². The average Bonchev–Trinajstić information content (AvgIpc) is 2.00. The van der Waals surface area contributed by atoms with Crippen LogP contribution in [0, 0.1) is 5.41 Å². The van der Waals surface area contributed by atoms with Gasteiger partial charge in [-0.2, -0.15) is 0 Å². The van der Waals surface area contributed by atoms with E-state index in [0.717, 1.165) is 0 Å². The zero-order chi connectivity index (χ0) is 10.1. The van der Waals surface area contributed by atoms with Crippen molar-refractivity contribution in [3.8, 4) is 0 Å². The van der Waals surface area contributed by atoms with Gasteiger partial charge in [0.2, 0.25) is 0 Å². The molecule has 0 aliphatic carbocycles. The van der Waals surface area contributed by atoms with Crippen molar-refractivity contribution in [1.29, 1.82) is 5.41 Å². The van der Waals surface area contributed by atoms with Crippen LogP contribution in [-0.2, 0) is 9.53 Å². The number of amides is 1. The second kappa shape index (κ2) is 3.08. The highest BCUT2D eigenvalue weighted by atomic mass is 16.5. The summed E-state index contributed by atoms with van der Waals surface area (Å²) in [6.45, 7) is 3.30. The normalized spacial score (nSPS) is 23.8. The minimum absolute atomic E-state index is 0.0151. The minimum Gasteiger partial charge on any atom is -0.473 e. The van der Waals surface area contributed by atoms with Crippen LogP contribution in [0.4, 0.5) is 0 Å². The summed E-state index contributed by atoms with van der Waals surface area (Å²) in [5.41, 5.74) is -0.909. The van der Waals surface area contributed by atoms with Crippen LogP contribution in [-0.4, -0.2) is 24.4 Å². The Morgan fingerprint density at radius 2 is 2.23 bits per heavy atom. The Labute approximate surface area is 76.7 Å². The SMILES string of the molecule is CN/C=C1/OC(C)(C)C(=O)NC1=N. The summed E-state index contributed by atoms with van der Waals surface area (Å²) in [4.78, 5) is 11.3. The van der Waals surface area contributed by atoms with Gasteiger partial charge in [0, 0.05) is 13.2 Å². The Morgan fingerprint density at radius 1 is 1.62 bits per heavy atom. The smallest absolute Gasteiger partial charge is 0.269 e. The van der Waals surface area contributed by atoms with Crippen molar-refractivity contribution in [2.75, 3.05) is 7.05 Å². The molecule has 5 nitrogen and oxygen atoms in total. The maximum atomic E-state index is 11.3. The van der Waals surface area contributed by atoms with Crippen LogP contribution in [0.25, 0.3) is 0 Å². The quantitative estimate of drug-likeness (QED) is 0.533. The molecule has 0 aromatic rings. The molecule has 1 heterocycles. The summed E-state index contributed by atoms with van der Waals surface area (Å²) in [7, 11) is 1.70. The van der Waals surface area contributed by atoms with E-state index in [2.05, 4.69) is 10.6 Å². The molecule has 1 saturated heterocycles. The molecule has 5 heteroatoms. The largest absolute Gasteiger partial charge is 0.473 e. The summed E-state index contributed by atoms with van der Waals surface area (Å²) in [6, 6.07) is 0. The number of amidine groups is 1. The Balaban J connectivity index is 2.88. The van der Waals surface area contributed by atoms with E-state index in [0.29, 0.717) is 5.76 Å². The number of hydrogen-bond donors (Lipinski definition) is 3. The second-order valence-electron chi connectivity index (χ2n) is 3.24. The first-order chi connectivity index (χ1) is 5.97. The first kappa shape index (κ1) is 9.57. The van der Waals surface area contributed by atoms with Gasteiger partial charge in [-0.1, -0.05) is 0 Å². The number of hydrogen-bond acceptors (Lipinski definition) is 4. The van der Waals surface area contributed by atoms with Crippen LogP contribution in [0.5, 0.6) is 0 Å². The molecule has 72 valence electrons. The lowest BCUT2D eigenvalue weighted by atomic mass is 10.1. The Bertz CT molecular complexity index is 281. The van der Waals surface area contributed by atoms with Crippen molar-refractivity contribution in [2.45, 2.75) is 19.4 Å². The molecule has 0 atom stereocenters. The van der Waals surface area contributed by atoms with Crippen LogP contribution in [0.2, 0.25) is 0 Å². The predicted molar refractivity (Wildman–Crippen MR) is 48.2 cm³/mol. The van der Waals surface area contributed by atoms with E-state index >= 15 is 0 Å². The van der Waals surface area contributed by atoms with Crippen molar-refractivity contribution in [1.82, 2.24) is 10.6 Å².